The Morgan fingerprint density at radius 1 is 1.64 bits per heavy atom. The van der Waals surface area contributed by atoms with Gasteiger partial charge in [0.25, 0.3) is 5.91 Å². The topological polar surface area (TPSA) is 49.0 Å². The number of rotatable bonds is 1. The molecule has 1 aliphatic heterocycles. The lowest BCUT2D eigenvalue weighted by atomic mass is 10.2. The molecule has 0 aromatic carbocycles. The largest absolute Gasteiger partial charge is 0.341 e. The highest BCUT2D eigenvalue weighted by atomic mass is 16.2. The van der Waals surface area contributed by atoms with E-state index >= 15 is 0 Å². The number of aromatic nitrogens is 2. The molecular weight excluding hydrogens is 142 g/mol. The molecule has 0 radical (unpaired) electrons. The predicted octanol–water partition coefficient (Wildman–Crippen LogP) is 0.256. The van der Waals surface area contributed by atoms with Crippen molar-refractivity contribution in [1.82, 2.24) is 14.9 Å². The zero-order chi connectivity index (χ0) is 7.68. The second-order valence-corrected chi connectivity index (χ2v) is 2.61. The molecule has 1 aliphatic rings. The number of carbonyl (C=O) groups is 1. The first kappa shape index (κ1) is 6.39. The van der Waals surface area contributed by atoms with Crippen molar-refractivity contribution in [1.29, 1.82) is 0 Å². The normalized spacial score (nSPS) is 16.2. The summed E-state index contributed by atoms with van der Waals surface area (Å²) in [6.07, 6.45) is 4.20. The van der Waals surface area contributed by atoms with Crippen LogP contribution in [0.4, 0.5) is 0 Å². The maximum absolute atomic E-state index is 11.3. The van der Waals surface area contributed by atoms with E-state index in [2.05, 4.69) is 9.97 Å². The Morgan fingerprint density at radius 2 is 2.45 bits per heavy atom. The van der Waals surface area contributed by atoms with Crippen LogP contribution in [-0.4, -0.2) is 33.9 Å². The minimum Gasteiger partial charge on any atom is -0.341 e. The molecule has 1 aromatic rings. The van der Waals surface area contributed by atoms with E-state index in [0.717, 1.165) is 19.5 Å². The number of hydrogen-bond acceptors (Lipinski definition) is 2. The summed E-state index contributed by atoms with van der Waals surface area (Å²) in [6.45, 7) is 1.77. The van der Waals surface area contributed by atoms with Gasteiger partial charge in [-0.3, -0.25) is 4.79 Å². The smallest absolute Gasteiger partial charge is 0.271 e. The van der Waals surface area contributed by atoms with Crippen LogP contribution >= 0.6 is 0 Å². The standard InChI is InChI=1S/C7H9N3O/c11-7(10-2-1-3-10)6-4-8-5-9-6/h4-5H,1-3H2,(H,8,9). The van der Waals surface area contributed by atoms with Crippen LogP contribution in [0.5, 0.6) is 0 Å². The van der Waals surface area contributed by atoms with E-state index in [1.165, 1.54) is 6.33 Å². The summed E-state index contributed by atoms with van der Waals surface area (Å²) in [7, 11) is 0. The number of imidazole rings is 1. The first-order valence-corrected chi connectivity index (χ1v) is 3.65. The van der Waals surface area contributed by atoms with Crippen LogP contribution < -0.4 is 0 Å². The van der Waals surface area contributed by atoms with Crippen LogP contribution in [0.2, 0.25) is 0 Å². The van der Waals surface area contributed by atoms with Crippen molar-refractivity contribution in [2.45, 2.75) is 6.42 Å². The summed E-state index contributed by atoms with van der Waals surface area (Å²) in [4.78, 5) is 19.7. The van der Waals surface area contributed by atoms with Crippen LogP contribution in [0.3, 0.4) is 0 Å². The Hall–Kier alpha value is -1.32. The maximum atomic E-state index is 11.3. The quantitative estimate of drug-likeness (QED) is 0.625. The molecule has 1 amide bonds. The highest BCUT2D eigenvalue weighted by Gasteiger charge is 2.21. The van der Waals surface area contributed by atoms with E-state index in [0.29, 0.717) is 5.69 Å². The summed E-state index contributed by atoms with van der Waals surface area (Å²) in [5.74, 6) is 0.0637. The van der Waals surface area contributed by atoms with Gasteiger partial charge in [-0.15, -0.1) is 0 Å². The fourth-order valence-corrected chi connectivity index (χ4v) is 1.06. The van der Waals surface area contributed by atoms with Crippen LogP contribution in [0.1, 0.15) is 16.9 Å². The second-order valence-electron chi connectivity index (χ2n) is 2.61. The van der Waals surface area contributed by atoms with Gasteiger partial charge in [0, 0.05) is 13.1 Å². The minimum atomic E-state index is 0.0637. The molecular formula is C7H9N3O. The molecule has 11 heavy (non-hydrogen) atoms. The van der Waals surface area contributed by atoms with Crippen molar-refractivity contribution in [3.05, 3.63) is 18.2 Å². The molecule has 0 saturated carbocycles. The van der Waals surface area contributed by atoms with Crippen molar-refractivity contribution < 1.29 is 4.79 Å². The average molecular weight is 151 g/mol. The number of nitrogens with one attached hydrogen (secondary N) is 1. The van der Waals surface area contributed by atoms with Crippen LogP contribution in [0.15, 0.2) is 12.5 Å². The Kier molecular flexibility index (Phi) is 1.38. The molecule has 58 valence electrons. The summed E-state index contributed by atoms with van der Waals surface area (Å²) in [5.41, 5.74) is 0.588. The van der Waals surface area contributed by atoms with Crippen molar-refractivity contribution in [3.63, 3.8) is 0 Å². The Labute approximate surface area is 64.2 Å². The van der Waals surface area contributed by atoms with E-state index < -0.39 is 0 Å². The van der Waals surface area contributed by atoms with E-state index in [1.807, 2.05) is 0 Å². The number of carbonyl (C=O) groups excluding carboxylic acids is 1. The number of aromatic amines is 1. The Morgan fingerprint density at radius 3 is 2.91 bits per heavy atom. The molecule has 0 spiro atoms. The average Bonchev–Trinajstić information content (AvgIpc) is 2.32. The van der Waals surface area contributed by atoms with Gasteiger partial charge in [0.15, 0.2) is 0 Å². The lowest BCUT2D eigenvalue weighted by Gasteiger charge is -2.30. The van der Waals surface area contributed by atoms with Crippen molar-refractivity contribution in [2.24, 2.45) is 0 Å². The Bertz CT molecular complexity index is 251. The van der Waals surface area contributed by atoms with E-state index in [9.17, 15) is 4.79 Å². The zero-order valence-electron chi connectivity index (χ0n) is 6.08. The lowest BCUT2D eigenvalue weighted by molar-refractivity contribution is 0.0646. The molecule has 0 atom stereocenters. The number of likely N-dealkylation sites (tertiary alicyclic amines) is 1. The van der Waals surface area contributed by atoms with E-state index in [1.54, 1.807) is 11.1 Å². The van der Waals surface area contributed by atoms with Gasteiger partial charge in [-0.2, -0.15) is 0 Å². The van der Waals surface area contributed by atoms with Crippen molar-refractivity contribution >= 4 is 5.91 Å². The van der Waals surface area contributed by atoms with Gasteiger partial charge in [0.1, 0.15) is 5.69 Å². The zero-order valence-corrected chi connectivity index (χ0v) is 6.08. The third-order valence-corrected chi connectivity index (χ3v) is 1.87. The van der Waals surface area contributed by atoms with Gasteiger partial charge >= 0.3 is 0 Å². The molecule has 0 unspecified atom stereocenters. The fraction of sp³-hybridized carbons (Fsp3) is 0.429. The van der Waals surface area contributed by atoms with Crippen molar-refractivity contribution in [2.75, 3.05) is 13.1 Å². The molecule has 2 heterocycles. The maximum Gasteiger partial charge on any atom is 0.271 e. The molecule has 0 bridgehead atoms. The first-order chi connectivity index (χ1) is 5.38. The van der Waals surface area contributed by atoms with E-state index in [-0.39, 0.29) is 5.91 Å². The molecule has 1 aromatic heterocycles. The summed E-state index contributed by atoms with van der Waals surface area (Å²) in [6, 6.07) is 0. The monoisotopic (exact) mass is 151 g/mol. The molecule has 4 heteroatoms. The molecule has 0 aliphatic carbocycles. The van der Waals surface area contributed by atoms with Crippen LogP contribution in [0, 0.1) is 0 Å². The van der Waals surface area contributed by atoms with Gasteiger partial charge in [-0.25, -0.2) is 4.98 Å². The molecule has 4 nitrogen and oxygen atoms in total. The molecule has 2 rings (SSSR count). The second kappa shape index (κ2) is 2.38. The van der Waals surface area contributed by atoms with Crippen molar-refractivity contribution in [3.8, 4) is 0 Å². The van der Waals surface area contributed by atoms with Gasteiger partial charge in [0.05, 0.1) is 12.5 Å². The van der Waals surface area contributed by atoms with Crippen LogP contribution in [-0.2, 0) is 0 Å². The van der Waals surface area contributed by atoms with E-state index in [4.69, 9.17) is 0 Å². The fourth-order valence-electron chi connectivity index (χ4n) is 1.06. The van der Waals surface area contributed by atoms with Gasteiger partial charge in [-0.1, -0.05) is 0 Å². The third kappa shape index (κ3) is 1.00. The number of hydrogen-bond donors (Lipinski definition) is 1. The summed E-state index contributed by atoms with van der Waals surface area (Å²) < 4.78 is 0. The molecule has 1 N–H and O–H groups in total. The summed E-state index contributed by atoms with van der Waals surface area (Å²) in [5, 5.41) is 0. The van der Waals surface area contributed by atoms with Gasteiger partial charge in [-0.05, 0) is 6.42 Å². The van der Waals surface area contributed by atoms with Gasteiger partial charge in [0.2, 0.25) is 0 Å². The summed E-state index contributed by atoms with van der Waals surface area (Å²) >= 11 is 0. The van der Waals surface area contributed by atoms with Crippen LogP contribution in [0.25, 0.3) is 0 Å². The minimum absolute atomic E-state index is 0.0637. The Balaban J connectivity index is 2.10. The first-order valence-electron chi connectivity index (χ1n) is 3.65. The number of nitrogens with zero attached hydrogens (tertiary/aromatic N) is 2. The molecule has 1 saturated heterocycles. The SMILES string of the molecule is O=C(c1cnc[nH]1)N1CCC1. The highest BCUT2D eigenvalue weighted by Crippen LogP contribution is 2.09. The highest BCUT2D eigenvalue weighted by molar-refractivity contribution is 5.92. The lowest BCUT2D eigenvalue weighted by Crippen LogP contribution is -2.42. The predicted molar refractivity (Wildman–Crippen MR) is 39.1 cm³/mol. The third-order valence-electron chi connectivity index (χ3n) is 1.87. The number of amides is 1. The van der Waals surface area contributed by atoms with Gasteiger partial charge < -0.3 is 9.88 Å². The number of H-pyrrole nitrogens is 1. The molecule has 1 fully saturated rings.